The number of nitrogens with one attached hydrogen (secondary N) is 2. The van der Waals surface area contributed by atoms with Gasteiger partial charge in [0.25, 0.3) is 0 Å². The van der Waals surface area contributed by atoms with Crippen molar-refractivity contribution in [2.45, 2.75) is 64.5 Å². The summed E-state index contributed by atoms with van der Waals surface area (Å²) in [4.78, 5) is 37.1. The van der Waals surface area contributed by atoms with E-state index in [1.54, 1.807) is 0 Å². The predicted molar refractivity (Wildman–Crippen MR) is 131 cm³/mol. The minimum atomic E-state index is -1.08. The van der Waals surface area contributed by atoms with Crippen LogP contribution in [0.1, 0.15) is 63.5 Å². The number of fused-ring (bicyclic) bond motifs is 3. The second-order valence-electron chi connectivity index (χ2n) is 8.96. The van der Waals surface area contributed by atoms with Gasteiger partial charge in [-0.25, -0.2) is 9.59 Å². The van der Waals surface area contributed by atoms with E-state index in [-0.39, 0.29) is 18.4 Å². The van der Waals surface area contributed by atoms with Gasteiger partial charge in [-0.05, 0) is 41.0 Å². The van der Waals surface area contributed by atoms with Crippen molar-refractivity contribution in [3.63, 3.8) is 0 Å². The molecule has 0 bridgehead atoms. The molecule has 2 amide bonds. The van der Waals surface area contributed by atoms with Crippen LogP contribution in [0.25, 0.3) is 11.1 Å². The van der Waals surface area contributed by atoms with Gasteiger partial charge in [-0.3, -0.25) is 4.79 Å². The summed E-state index contributed by atoms with van der Waals surface area (Å²) in [6, 6.07) is 14.3. The second-order valence-corrected chi connectivity index (χ2v) is 8.96. The summed E-state index contributed by atoms with van der Waals surface area (Å²) in [6.07, 6.45) is 1.47. The molecule has 0 radical (unpaired) electrons. The van der Waals surface area contributed by atoms with Crippen LogP contribution >= 0.6 is 0 Å². The number of alkyl carbamates (subject to hydrolysis) is 1. The third-order valence-corrected chi connectivity index (χ3v) is 6.48. The van der Waals surface area contributed by atoms with Gasteiger partial charge >= 0.3 is 12.1 Å². The first-order valence-corrected chi connectivity index (χ1v) is 12.0. The smallest absolute Gasteiger partial charge is 0.407 e. The van der Waals surface area contributed by atoms with Crippen LogP contribution in [0.5, 0.6) is 0 Å². The largest absolute Gasteiger partial charge is 0.480 e. The van der Waals surface area contributed by atoms with Gasteiger partial charge in [-0.15, -0.1) is 0 Å². The zero-order valence-electron chi connectivity index (χ0n) is 20.0. The third kappa shape index (κ3) is 5.95. The number of rotatable bonds is 11. The Morgan fingerprint density at radius 3 is 2.06 bits per heavy atom. The molecular weight excluding hydrogens is 432 g/mol. The monoisotopic (exact) mass is 466 g/mol. The van der Waals surface area contributed by atoms with Gasteiger partial charge in [0.05, 0.1) is 0 Å². The lowest BCUT2D eigenvalue weighted by atomic mass is 9.98. The van der Waals surface area contributed by atoms with E-state index >= 15 is 0 Å². The van der Waals surface area contributed by atoms with Crippen LogP contribution in [0, 0.1) is 5.92 Å². The molecule has 0 aromatic heterocycles. The molecule has 7 nitrogen and oxygen atoms in total. The fourth-order valence-corrected chi connectivity index (χ4v) is 4.40. The van der Waals surface area contributed by atoms with Gasteiger partial charge in [0.1, 0.15) is 18.7 Å². The molecule has 3 rings (SSSR count). The minimum absolute atomic E-state index is 0.0825. The predicted octanol–water partition coefficient (Wildman–Crippen LogP) is 4.70. The standard InChI is InChI=1S/C27H34N2O5/c1-4-10-23(26(31)32)28-25(30)24(15-17(3)5-2)29-27(33)34-16-22-20-13-8-6-11-18(20)19-12-7-9-14-21(19)22/h6-9,11-14,17,22-24H,4-5,10,15-16H2,1-3H3,(H,28,30)(H,29,33)(H,31,32)/t17?,23-,24?/m0/s1. The van der Waals surface area contributed by atoms with Crippen LogP contribution < -0.4 is 10.6 Å². The van der Waals surface area contributed by atoms with Gasteiger partial charge in [-0.1, -0.05) is 82.1 Å². The van der Waals surface area contributed by atoms with E-state index in [9.17, 15) is 19.5 Å². The van der Waals surface area contributed by atoms with Crippen molar-refractivity contribution in [1.82, 2.24) is 10.6 Å². The number of hydrogen-bond donors (Lipinski definition) is 3. The molecule has 0 spiro atoms. The van der Waals surface area contributed by atoms with Crippen molar-refractivity contribution in [2.75, 3.05) is 6.61 Å². The number of carboxylic acid groups (broad SMARTS) is 1. The number of amides is 2. The van der Waals surface area contributed by atoms with Crippen LogP contribution in [-0.4, -0.2) is 41.8 Å². The molecule has 2 aromatic rings. The fraction of sp³-hybridized carbons (Fsp3) is 0.444. The summed E-state index contributed by atoms with van der Waals surface area (Å²) in [6.45, 7) is 5.99. The van der Waals surface area contributed by atoms with E-state index in [1.165, 1.54) is 0 Å². The molecule has 3 atom stereocenters. The number of carbonyl (C=O) groups excluding carboxylic acids is 2. The van der Waals surface area contributed by atoms with Gasteiger partial charge in [-0.2, -0.15) is 0 Å². The maximum Gasteiger partial charge on any atom is 0.407 e. The maximum atomic E-state index is 12.9. The van der Waals surface area contributed by atoms with Gasteiger partial charge in [0.15, 0.2) is 0 Å². The lowest BCUT2D eigenvalue weighted by Crippen LogP contribution is -2.52. The molecule has 2 aromatic carbocycles. The lowest BCUT2D eigenvalue weighted by molar-refractivity contribution is -0.142. The van der Waals surface area contributed by atoms with Crippen molar-refractivity contribution in [2.24, 2.45) is 5.92 Å². The molecule has 2 unspecified atom stereocenters. The second kappa shape index (κ2) is 11.7. The molecule has 0 fully saturated rings. The van der Waals surface area contributed by atoms with Crippen molar-refractivity contribution in [3.05, 3.63) is 59.7 Å². The quantitative estimate of drug-likeness (QED) is 0.445. The lowest BCUT2D eigenvalue weighted by Gasteiger charge is -2.23. The van der Waals surface area contributed by atoms with E-state index in [2.05, 4.69) is 22.8 Å². The number of ether oxygens (including phenoxy) is 1. The number of carbonyl (C=O) groups is 3. The van der Waals surface area contributed by atoms with Crippen molar-refractivity contribution >= 4 is 18.0 Å². The summed E-state index contributed by atoms with van der Waals surface area (Å²) in [5.41, 5.74) is 4.48. The van der Waals surface area contributed by atoms with Crippen molar-refractivity contribution in [3.8, 4) is 11.1 Å². The molecule has 0 saturated heterocycles. The summed E-state index contributed by atoms with van der Waals surface area (Å²) >= 11 is 0. The average molecular weight is 467 g/mol. The van der Waals surface area contributed by atoms with E-state index < -0.39 is 30.1 Å². The Kier molecular flexibility index (Phi) is 8.68. The molecular formula is C27H34N2O5. The molecule has 0 heterocycles. The van der Waals surface area contributed by atoms with Crippen molar-refractivity contribution in [1.29, 1.82) is 0 Å². The SMILES string of the molecule is CCC[C@H](NC(=O)C(CC(C)CC)NC(=O)OCC1c2ccccc2-c2ccccc21)C(=O)O. The van der Waals surface area contributed by atoms with Crippen LogP contribution in [0.4, 0.5) is 4.79 Å². The number of benzene rings is 2. The average Bonchev–Trinajstić information content (AvgIpc) is 3.15. The first-order valence-electron chi connectivity index (χ1n) is 12.0. The van der Waals surface area contributed by atoms with E-state index in [0.717, 1.165) is 28.7 Å². The summed E-state index contributed by atoms with van der Waals surface area (Å²) in [7, 11) is 0. The number of aliphatic carboxylic acids is 1. The molecule has 0 saturated carbocycles. The first kappa shape index (κ1) is 25.3. The molecule has 1 aliphatic carbocycles. The third-order valence-electron chi connectivity index (χ3n) is 6.48. The Hall–Kier alpha value is -3.35. The molecule has 7 heteroatoms. The van der Waals surface area contributed by atoms with Crippen LogP contribution in [-0.2, 0) is 14.3 Å². The maximum absolute atomic E-state index is 12.9. The summed E-state index contributed by atoms with van der Waals surface area (Å²) in [5.74, 6) is -1.51. The Labute approximate surface area is 200 Å². The highest BCUT2D eigenvalue weighted by atomic mass is 16.5. The first-order chi connectivity index (χ1) is 16.3. The normalized spacial score (nSPS) is 14.9. The van der Waals surface area contributed by atoms with Crippen molar-refractivity contribution < 1.29 is 24.2 Å². The molecule has 1 aliphatic rings. The Morgan fingerprint density at radius 1 is 0.941 bits per heavy atom. The topological polar surface area (TPSA) is 105 Å². The van der Waals surface area contributed by atoms with Gasteiger partial charge in [0, 0.05) is 5.92 Å². The Balaban J connectivity index is 1.68. The number of carboxylic acids is 1. The number of hydrogen-bond acceptors (Lipinski definition) is 4. The van der Waals surface area contributed by atoms with E-state index in [1.807, 2.05) is 57.2 Å². The van der Waals surface area contributed by atoms with Crippen LogP contribution in [0.3, 0.4) is 0 Å². The Morgan fingerprint density at radius 2 is 1.53 bits per heavy atom. The van der Waals surface area contributed by atoms with Crippen LogP contribution in [0.15, 0.2) is 48.5 Å². The zero-order valence-corrected chi connectivity index (χ0v) is 20.0. The van der Waals surface area contributed by atoms with Gasteiger partial charge in [0.2, 0.25) is 5.91 Å². The van der Waals surface area contributed by atoms with E-state index in [4.69, 9.17) is 4.74 Å². The minimum Gasteiger partial charge on any atom is -0.480 e. The Bertz CT molecular complexity index is 976. The summed E-state index contributed by atoms with van der Waals surface area (Å²) in [5, 5.41) is 14.6. The molecule has 3 N–H and O–H groups in total. The van der Waals surface area contributed by atoms with E-state index in [0.29, 0.717) is 19.3 Å². The fourth-order valence-electron chi connectivity index (χ4n) is 4.40. The van der Waals surface area contributed by atoms with Gasteiger partial charge < -0.3 is 20.5 Å². The zero-order chi connectivity index (χ0) is 24.7. The highest BCUT2D eigenvalue weighted by Gasteiger charge is 2.31. The highest BCUT2D eigenvalue weighted by Crippen LogP contribution is 2.44. The molecule has 0 aliphatic heterocycles. The molecule has 34 heavy (non-hydrogen) atoms. The van der Waals surface area contributed by atoms with Crippen LogP contribution in [0.2, 0.25) is 0 Å². The molecule has 182 valence electrons. The highest BCUT2D eigenvalue weighted by molar-refractivity contribution is 5.89. The summed E-state index contributed by atoms with van der Waals surface area (Å²) < 4.78 is 5.59.